The van der Waals surface area contributed by atoms with Gasteiger partial charge in [0.15, 0.2) is 0 Å². The number of benzene rings is 2. The average Bonchev–Trinajstić information content (AvgIpc) is 3.03. The molecule has 0 radical (unpaired) electrons. The fourth-order valence-corrected chi connectivity index (χ4v) is 15.9. The summed E-state index contributed by atoms with van der Waals surface area (Å²) in [5, 5.41) is 0. The van der Waals surface area contributed by atoms with Crippen molar-refractivity contribution in [1.82, 2.24) is 0 Å². The van der Waals surface area contributed by atoms with Crippen molar-refractivity contribution in [2.75, 3.05) is 0 Å². The molecule has 0 aliphatic rings. The van der Waals surface area contributed by atoms with Crippen LogP contribution in [0.25, 0.3) is 0 Å². The summed E-state index contributed by atoms with van der Waals surface area (Å²) in [6.45, 7) is 17.2. The van der Waals surface area contributed by atoms with Crippen LogP contribution in [0, 0.1) is 11.8 Å². The summed E-state index contributed by atoms with van der Waals surface area (Å²) in [4.78, 5) is 27.9. The molecule has 0 aliphatic carbocycles. The van der Waals surface area contributed by atoms with Gasteiger partial charge in [-0.15, -0.1) is 0 Å². The van der Waals surface area contributed by atoms with Crippen molar-refractivity contribution in [3.63, 3.8) is 0 Å². The van der Waals surface area contributed by atoms with Gasteiger partial charge in [0.25, 0.3) is 0 Å². The zero-order valence-electron chi connectivity index (χ0n) is 31.4. The van der Waals surface area contributed by atoms with E-state index in [9.17, 15) is 9.59 Å². The molecule has 0 fully saturated rings. The van der Waals surface area contributed by atoms with Crippen LogP contribution in [-0.2, 0) is 28.6 Å². The Morgan fingerprint density at radius 3 is 1.15 bits per heavy atom. The van der Waals surface area contributed by atoms with Crippen LogP contribution in [0.4, 0.5) is 0 Å². The molecule has 0 saturated heterocycles. The fourth-order valence-electron chi connectivity index (χ4n) is 6.34. The third kappa shape index (κ3) is 16.0. The van der Waals surface area contributed by atoms with Gasteiger partial charge < -0.3 is 0 Å². The van der Waals surface area contributed by atoms with Gasteiger partial charge in [-0.05, 0) is 0 Å². The zero-order chi connectivity index (χ0) is 34.7. The van der Waals surface area contributed by atoms with Gasteiger partial charge in [0.2, 0.25) is 0 Å². The Morgan fingerprint density at radius 1 is 0.511 bits per heavy atom. The van der Waals surface area contributed by atoms with E-state index in [1.54, 1.807) is 0 Å². The first kappa shape index (κ1) is 41.4. The van der Waals surface area contributed by atoms with Crippen molar-refractivity contribution in [3.05, 3.63) is 70.8 Å². The first-order valence-corrected chi connectivity index (χ1v) is 25.5. The second-order valence-corrected chi connectivity index (χ2v) is 24.1. The molecular weight excluding hydrogens is 687 g/mol. The second kappa shape index (κ2) is 22.7. The summed E-state index contributed by atoms with van der Waals surface area (Å²) in [6, 6.07) is 16.8. The van der Waals surface area contributed by atoms with Crippen molar-refractivity contribution in [2.24, 2.45) is 11.8 Å². The molecule has 2 atom stereocenters. The average molecular weight is 756 g/mol. The van der Waals surface area contributed by atoms with Gasteiger partial charge in [-0.1, -0.05) is 0 Å². The molecule has 0 N–H and O–H groups in total. The molecule has 2 aromatic rings. The standard InChI is InChI=1S/2C13H18O2.2C8H17.Sn/c2*1-9(2)8-11-4-6-12(7-5-11)10(3)13(14)15;2*1-3-5-7-8-6-4-2;/h2*4-7,9-10H,8H2,1-3H3,(H,14,15);2*1,3-8H2,2H3;/q;;;;+2/p-2. The predicted molar refractivity (Wildman–Crippen MR) is 201 cm³/mol. The topological polar surface area (TPSA) is 52.6 Å². The van der Waals surface area contributed by atoms with E-state index >= 15 is 0 Å². The summed E-state index contributed by atoms with van der Waals surface area (Å²) >= 11 is -4.21. The Morgan fingerprint density at radius 2 is 0.830 bits per heavy atom. The fraction of sp³-hybridized carbons (Fsp3) is 0.667. The number of carbonyl (C=O) groups is 2. The van der Waals surface area contributed by atoms with Crippen LogP contribution in [0.1, 0.15) is 167 Å². The molecule has 5 heteroatoms. The maximum atomic E-state index is 14.0. The molecular formula is C42H68O4Sn. The Bertz CT molecular complexity index is 1050. The Labute approximate surface area is 294 Å². The van der Waals surface area contributed by atoms with Gasteiger partial charge in [0, 0.05) is 0 Å². The number of unbranched alkanes of at least 4 members (excludes halogenated alkanes) is 10. The van der Waals surface area contributed by atoms with Crippen molar-refractivity contribution in [2.45, 2.75) is 166 Å². The van der Waals surface area contributed by atoms with Gasteiger partial charge in [0.1, 0.15) is 0 Å². The SMILES string of the molecule is CCCCCCC[CH2][Sn]([CH2]CCCCCCC)([O]C(=O)C(C)c1ccc(CC(C)C)cc1)[O]C(=O)C(C)c1ccc(CC(C)C)cc1. The predicted octanol–water partition coefficient (Wildman–Crippen LogP) is 12.2. The second-order valence-electron chi connectivity index (χ2n) is 14.9. The van der Waals surface area contributed by atoms with E-state index in [0.717, 1.165) is 58.5 Å². The van der Waals surface area contributed by atoms with Crippen LogP contribution >= 0.6 is 0 Å². The molecule has 0 aromatic heterocycles. The van der Waals surface area contributed by atoms with Crippen molar-refractivity contribution in [3.8, 4) is 0 Å². The molecule has 264 valence electrons. The number of rotatable bonds is 24. The van der Waals surface area contributed by atoms with Gasteiger partial charge in [-0.2, -0.15) is 0 Å². The van der Waals surface area contributed by atoms with E-state index in [-0.39, 0.29) is 11.9 Å². The van der Waals surface area contributed by atoms with Crippen LogP contribution in [-0.4, -0.2) is 31.1 Å². The zero-order valence-corrected chi connectivity index (χ0v) is 34.2. The van der Waals surface area contributed by atoms with Gasteiger partial charge in [0.05, 0.1) is 0 Å². The third-order valence-electron chi connectivity index (χ3n) is 9.35. The summed E-state index contributed by atoms with van der Waals surface area (Å²) in [5.74, 6) is -0.106. The van der Waals surface area contributed by atoms with E-state index in [4.69, 9.17) is 6.15 Å². The van der Waals surface area contributed by atoms with E-state index < -0.39 is 31.0 Å². The molecule has 0 spiro atoms. The molecule has 0 amide bonds. The maximum absolute atomic E-state index is 14.0. The molecule has 4 nitrogen and oxygen atoms in total. The molecule has 2 rings (SSSR count). The van der Waals surface area contributed by atoms with Gasteiger partial charge >= 0.3 is 295 Å². The van der Waals surface area contributed by atoms with Gasteiger partial charge in [-0.3, -0.25) is 0 Å². The number of hydrogen-bond acceptors (Lipinski definition) is 4. The molecule has 0 saturated carbocycles. The number of carbonyl (C=O) groups excluding carboxylic acids is 2. The summed E-state index contributed by atoms with van der Waals surface area (Å²) in [6.07, 6.45) is 15.8. The first-order valence-electron chi connectivity index (χ1n) is 19.1. The molecule has 2 aromatic carbocycles. The Kier molecular flexibility index (Phi) is 20.0. The monoisotopic (exact) mass is 756 g/mol. The molecule has 0 bridgehead atoms. The van der Waals surface area contributed by atoms with Crippen LogP contribution in [0.3, 0.4) is 0 Å². The summed E-state index contributed by atoms with van der Waals surface area (Å²) < 4.78 is 14.8. The van der Waals surface area contributed by atoms with Gasteiger partial charge in [-0.25, -0.2) is 0 Å². The molecule has 0 aliphatic heterocycles. The molecule has 2 unspecified atom stereocenters. The van der Waals surface area contributed by atoms with E-state index in [1.165, 1.54) is 62.5 Å². The van der Waals surface area contributed by atoms with Crippen molar-refractivity contribution < 1.29 is 15.7 Å². The van der Waals surface area contributed by atoms with E-state index in [2.05, 4.69) is 90.1 Å². The third-order valence-corrected chi connectivity index (χ3v) is 19.0. The van der Waals surface area contributed by atoms with Crippen molar-refractivity contribution >= 4 is 31.1 Å². The molecule has 47 heavy (non-hydrogen) atoms. The quantitative estimate of drug-likeness (QED) is 0.0791. The summed E-state index contributed by atoms with van der Waals surface area (Å²) in [5.41, 5.74) is 4.49. The minimum absolute atomic E-state index is 0.229. The van der Waals surface area contributed by atoms with Crippen molar-refractivity contribution in [1.29, 1.82) is 0 Å². The Hall–Kier alpha value is -1.82. The van der Waals surface area contributed by atoms with Crippen LogP contribution in [0.5, 0.6) is 0 Å². The van der Waals surface area contributed by atoms with E-state index in [0.29, 0.717) is 11.8 Å². The Balaban J connectivity index is 2.32. The van der Waals surface area contributed by atoms with Crippen LogP contribution < -0.4 is 0 Å². The minimum atomic E-state index is -4.21. The van der Waals surface area contributed by atoms with Crippen LogP contribution in [0.15, 0.2) is 48.5 Å². The van der Waals surface area contributed by atoms with E-state index in [1.807, 2.05) is 13.8 Å². The number of hydrogen-bond donors (Lipinski definition) is 0. The normalized spacial score (nSPS) is 13.1. The molecule has 0 heterocycles. The first-order chi connectivity index (χ1) is 22.5. The summed E-state index contributed by atoms with van der Waals surface area (Å²) in [7, 11) is 0. The van der Waals surface area contributed by atoms with Crippen LogP contribution in [0.2, 0.25) is 8.87 Å².